The van der Waals surface area contributed by atoms with E-state index in [-0.39, 0.29) is 35.7 Å². The molecule has 11 nitrogen and oxygen atoms in total. The predicted molar refractivity (Wildman–Crippen MR) is 232 cm³/mol. The number of unbranched alkanes of at least 4 members (excludes halogenated alkanes) is 16. The molecular weight excluding hydrogens is 721 g/mol. The van der Waals surface area contributed by atoms with E-state index in [2.05, 4.69) is 23.8 Å². The molecule has 1 heterocycles. The molecule has 1 rings (SSSR count). The number of hydrogen-bond acceptors (Lipinski definition) is 7. The van der Waals surface area contributed by atoms with E-state index in [1.807, 2.05) is 36.0 Å². The third-order valence-corrected chi connectivity index (χ3v) is 11.4. The number of rotatable bonds is 36. The van der Waals surface area contributed by atoms with Crippen LogP contribution in [-0.2, 0) is 23.9 Å². The Morgan fingerprint density at radius 3 is 1.19 bits per heavy atom. The Kier molecular flexibility index (Phi) is 30.4. The summed E-state index contributed by atoms with van der Waals surface area (Å²) in [6.07, 6.45) is 25.0. The highest BCUT2D eigenvalue weighted by Crippen LogP contribution is 2.29. The van der Waals surface area contributed by atoms with Crippen LogP contribution in [0, 0.1) is 0 Å². The van der Waals surface area contributed by atoms with Crippen LogP contribution in [0.25, 0.3) is 0 Å². The Labute approximate surface area is 347 Å². The largest absolute Gasteiger partial charge is 0.388 e. The van der Waals surface area contributed by atoms with Crippen molar-refractivity contribution in [3.05, 3.63) is 25.3 Å². The number of amides is 4. The first kappa shape index (κ1) is 52.3. The molecule has 1 aliphatic heterocycles. The molecule has 6 atom stereocenters. The summed E-state index contributed by atoms with van der Waals surface area (Å²) in [6.45, 7) is 12.0. The summed E-state index contributed by atoms with van der Waals surface area (Å²) in [6, 6.07) is -0.318. The molecule has 57 heavy (non-hydrogen) atoms. The van der Waals surface area contributed by atoms with Gasteiger partial charge < -0.3 is 35.4 Å². The van der Waals surface area contributed by atoms with Gasteiger partial charge in [-0.1, -0.05) is 102 Å². The maximum atomic E-state index is 12.2. The molecule has 4 N–H and O–H groups in total. The number of ether oxygens (including phenoxy) is 1. The van der Waals surface area contributed by atoms with E-state index >= 15 is 0 Å². The van der Waals surface area contributed by atoms with E-state index in [0.29, 0.717) is 25.7 Å². The fourth-order valence-corrected chi connectivity index (χ4v) is 7.88. The van der Waals surface area contributed by atoms with Gasteiger partial charge in [-0.05, 0) is 64.2 Å². The van der Waals surface area contributed by atoms with E-state index in [4.69, 9.17) is 4.74 Å². The Morgan fingerprint density at radius 2 is 0.877 bits per heavy atom. The lowest BCUT2D eigenvalue weighted by Crippen LogP contribution is -2.40. The average Bonchev–Trinajstić information content (AvgIpc) is 3.42. The summed E-state index contributed by atoms with van der Waals surface area (Å²) in [4.78, 5) is 52.2. The molecule has 0 aromatic rings. The minimum absolute atomic E-state index is 0.123. The molecule has 11 heteroatoms. The van der Waals surface area contributed by atoms with Crippen LogP contribution in [0.3, 0.4) is 0 Å². The van der Waals surface area contributed by atoms with Crippen LogP contribution in [-0.4, -0.2) is 107 Å². The van der Waals surface area contributed by atoms with Crippen LogP contribution in [0.4, 0.5) is 0 Å². The van der Waals surface area contributed by atoms with E-state index in [1.165, 1.54) is 13.8 Å². The monoisotopic (exact) mass is 805 g/mol. The van der Waals surface area contributed by atoms with Crippen LogP contribution in [0.1, 0.15) is 181 Å². The standard InChI is InChI=1S/C46H84N4O7/c1-7-9-27-33-49(5)43(53)31-25-21-17-13-11-15-19-23-29-39(47-37(3)51)35-41-45(55)46(56)42(57-41)36-40(48-38(4)52)30-24-20-16-12-14-18-22-26-32-44(54)50(6)34-28-10-8-2/h7-8,39-42,45-46,55-56H,1-2,9-36H2,3-6H3,(H,47,51)(H,48,52). The predicted octanol–water partition coefficient (Wildman–Crippen LogP) is 7.92. The zero-order valence-electron chi connectivity index (χ0n) is 36.7. The Bertz CT molecular complexity index is 1040. The van der Waals surface area contributed by atoms with Crippen molar-refractivity contribution in [2.24, 2.45) is 0 Å². The Balaban J connectivity index is 2.34. The van der Waals surface area contributed by atoms with Crippen molar-refractivity contribution in [2.75, 3.05) is 27.2 Å². The van der Waals surface area contributed by atoms with Gasteiger partial charge >= 0.3 is 0 Å². The second kappa shape index (κ2) is 33.1. The second-order valence-corrected chi connectivity index (χ2v) is 16.7. The van der Waals surface area contributed by atoms with Gasteiger partial charge in [0.05, 0.1) is 12.2 Å². The van der Waals surface area contributed by atoms with Crippen molar-refractivity contribution in [1.82, 2.24) is 20.4 Å². The van der Waals surface area contributed by atoms with Crippen molar-refractivity contribution in [3.8, 4) is 0 Å². The summed E-state index contributed by atoms with van der Waals surface area (Å²) in [7, 11) is 3.76. The molecule has 0 aromatic carbocycles. The molecule has 0 aromatic heterocycles. The van der Waals surface area contributed by atoms with E-state index in [0.717, 1.165) is 154 Å². The maximum Gasteiger partial charge on any atom is 0.222 e. The van der Waals surface area contributed by atoms with Crippen molar-refractivity contribution in [1.29, 1.82) is 0 Å². The molecular formula is C46H84N4O7. The minimum atomic E-state index is -1.06. The summed E-state index contributed by atoms with van der Waals surface area (Å²) in [5, 5.41) is 28.0. The SMILES string of the molecule is C=CCCCN(C)C(=O)CCCCCCCCCCC(CC1OC(CC(CCCCCCCCCCC(=O)N(C)CCCC=C)NC(C)=O)C(O)C1O)NC(C)=O. The molecule has 330 valence electrons. The molecule has 1 aliphatic rings. The van der Waals surface area contributed by atoms with Gasteiger partial charge in [0.2, 0.25) is 23.6 Å². The van der Waals surface area contributed by atoms with Gasteiger partial charge in [-0.25, -0.2) is 0 Å². The second-order valence-electron chi connectivity index (χ2n) is 16.7. The zero-order valence-corrected chi connectivity index (χ0v) is 36.7. The van der Waals surface area contributed by atoms with Crippen molar-refractivity contribution < 1.29 is 34.1 Å². The number of hydrogen-bond donors (Lipinski definition) is 4. The topological polar surface area (TPSA) is 149 Å². The van der Waals surface area contributed by atoms with Gasteiger partial charge in [0.15, 0.2) is 0 Å². The third-order valence-electron chi connectivity index (χ3n) is 11.4. The highest BCUT2D eigenvalue weighted by molar-refractivity contribution is 5.76. The normalized spacial score (nSPS) is 18.8. The molecule has 0 spiro atoms. The van der Waals surface area contributed by atoms with Crippen LogP contribution in [0.5, 0.6) is 0 Å². The smallest absolute Gasteiger partial charge is 0.222 e. The van der Waals surface area contributed by atoms with Crippen LogP contribution >= 0.6 is 0 Å². The zero-order chi connectivity index (χ0) is 42.3. The number of aliphatic hydroxyl groups is 2. The highest BCUT2D eigenvalue weighted by atomic mass is 16.5. The number of allylic oxidation sites excluding steroid dienone is 2. The average molecular weight is 805 g/mol. The van der Waals surface area contributed by atoms with Gasteiger partial charge in [-0.15, -0.1) is 13.2 Å². The van der Waals surface area contributed by atoms with Gasteiger partial charge in [0.1, 0.15) is 12.2 Å². The summed E-state index contributed by atoms with van der Waals surface area (Å²) >= 11 is 0. The Hall–Kier alpha value is -2.76. The van der Waals surface area contributed by atoms with E-state index < -0.39 is 24.4 Å². The molecule has 0 aliphatic carbocycles. The number of nitrogens with one attached hydrogen (secondary N) is 2. The molecule has 1 fully saturated rings. The van der Waals surface area contributed by atoms with Crippen LogP contribution in [0.15, 0.2) is 25.3 Å². The summed E-state index contributed by atoms with van der Waals surface area (Å²) in [5.41, 5.74) is 0. The molecule has 0 radical (unpaired) electrons. The lowest BCUT2D eigenvalue weighted by atomic mass is 9.95. The molecule has 0 bridgehead atoms. The van der Waals surface area contributed by atoms with Crippen molar-refractivity contribution in [3.63, 3.8) is 0 Å². The van der Waals surface area contributed by atoms with Gasteiger partial charge in [0.25, 0.3) is 0 Å². The molecule has 1 saturated heterocycles. The first-order chi connectivity index (χ1) is 27.4. The van der Waals surface area contributed by atoms with Crippen LogP contribution in [0.2, 0.25) is 0 Å². The molecule has 6 unspecified atom stereocenters. The quantitative estimate of drug-likeness (QED) is 0.0372. The number of carbonyl (C=O) groups excluding carboxylic acids is 4. The molecule has 0 saturated carbocycles. The fraction of sp³-hybridized carbons (Fsp3) is 0.826. The summed E-state index contributed by atoms with van der Waals surface area (Å²) in [5.74, 6) is 0.206. The summed E-state index contributed by atoms with van der Waals surface area (Å²) < 4.78 is 6.24. The van der Waals surface area contributed by atoms with Crippen LogP contribution < -0.4 is 10.6 Å². The van der Waals surface area contributed by atoms with Crippen molar-refractivity contribution >= 4 is 23.6 Å². The number of aliphatic hydroxyl groups excluding tert-OH is 2. The van der Waals surface area contributed by atoms with Gasteiger partial charge in [0, 0.05) is 66.0 Å². The fourth-order valence-electron chi connectivity index (χ4n) is 7.88. The highest BCUT2D eigenvalue weighted by Gasteiger charge is 2.44. The third kappa shape index (κ3) is 26.1. The lowest BCUT2D eigenvalue weighted by molar-refractivity contribution is -0.130. The minimum Gasteiger partial charge on any atom is -0.388 e. The number of carbonyl (C=O) groups is 4. The van der Waals surface area contributed by atoms with Crippen molar-refractivity contribution in [2.45, 2.75) is 217 Å². The van der Waals surface area contributed by atoms with Gasteiger partial charge in [-0.3, -0.25) is 19.2 Å². The first-order valence-electron chi connectivity index (χ1n) is 22.6. The van der Waals surface area contributed by atoms with E-state index in [9.17, 15) is 29.4 Å². The lowest BCUT2D eigenvalue weighted by Gasteiger charge is -2.24. The Morgan fingerprint density at radius 1 is 0.561 bits per heavy atom. The van der Waals surface area contributed by atoms with Gasteiger partial charge in [-0.2, -0.15) is 0 Å². The van der Waals surface area contributed by atoms with E-state index in [1.54, 1.807) is 0 Å². The molecule has 4 amide bonds. The first-order valence-corrected chi connectivity index (χ1v) is 22.6. The maximum absolute atomic E-state index is 12.2. The number of nitrogens with zero attached hydrogens (tertiary/aromatic N) is 2.